The molecule has 0 saturated heterocycles. The lowest BCUT2D eigenvalue weighted by atomic mass is 9.81. The maximum Gasteiger partial charge on any atom is 0.391 e. The quantitative estimate of drug-likeness (QED) is 0.705. The second kappa shape index (κ2) is 8.46. The first-order valence-corrected chi connectivity index (χ1v) is 7.07. The average Bonchev–Trinajstić information content (AvgIpc) is 2.41. The fourth-order valence-electron chi connectivity index (χ4n) is 2.40. The Hall–Kier alpha value is -0.820. The summed E-state index contributed by atoms with van der Waals surface area (Å²) in [4.78, 5) is 11.8. The van der Waals surface area contributed by atoms with Gasteiger partial charge in [0.1, 0.15) is 0 Å². The second-order valence-corrected chi connectivity index (χ2v) is 5.14. The zero-order chi connectivity index (χ0) is 15.0. The molecule has 0 aromatic rings. The van der Waals surface area contributed by atoms with Crippen molar-refractivity contribution < 1.29 is 22.7 Å². The molecule has 7 heteroatoms. The molecule has 0 unspecified atom stereocenters. The van der Waals surface area contributed by atoms with Crippen molar-refractivity contribution in [2.75, 3.05) is 26.3 Å². The maximum absolute atomic E-state index is 12.5. The van der Waals surface area contributed by atoms with Gasteiger partial charge in [-0.3, -0.25) is 4.79 Å². The Morgan fingerprint density at radius 2 is 1.85 bits per heavy atom. The van der Waals surface area contributed by atoms with Gasteiger partial charge in [-0.2, -0.15) is 13.2 Å². The molecule has 0 spiro atoms. The van der Waals surface area contributed by atoms with E-state index in [1.807, 2.05) is 0 Å². The van der Waals surface area contributed by atoms with Gasteiger partial charge in [-0.05, 0) is 32.1 Å². The molecule has 1 saturated carbocycles. The van der Waals surface area contributed by atoms with Crippen LogP contribution in [0.2, 0.25) is 0 Å². The third-order valence-corrected chi connectivity index (χ3v) is 3.59. The normalized spacial score (nSPS) is 23.6. The SMILES string of the molecule is NCCOCCCNC(=O)C1CCC(C(F)(F)F)CC1. The number of hydrogen-bond acceptors (Lipinski definition) is 3. The molecule has 0 aliphatic heterocycles. The first-order valence-electron chi connectivity index (χ1n) is 7.07. The molecule has 1 aliphatic carbocycles. The number of alkyl halides is 3. The fourth-order valence-corrected chi connectivity index (χ4v) is 2.40. The van der Waals surface area contributed by atoms with Crippen molar-refractivity contribution in [1.82, 2.24) is 5.32 Å². The van der Waals surface area contributed by atoms with Crippen LogP contribution < -0.4 is 11.1 Å². The Labute approximate surface area is 117 Å². The Morgan fingerprint density at radius 1 is 1.20 bits per heavy atom. The lowest BCUT2D eigenvalue weighted by Gasteiger charge is -2.29. The summed E-state index contributed by atoms with van der Waals surface area (Å²) in [5, 5.41) is 2.75. The van der Waals surface area contributed by atoms with Gasteiger partial charge in [0, 0.05) is 25.6 Å². The Bertz CT molecular complexity index is 290. The maximum atomic E-state index is 12.5. The van der Waals surface area contributed by atoms with Crippen molar-refractivity contribution in [2.45, 2.75) is 38.3 Å². The van der Waals surface area contributed by atoms with Gasteiger partial charge in [0.05, 0.1) is 12.5 Å². The number of nitrogens with one attached hydrogen (secondary N) is 1. The van der Waals surface area contributed by atoms with Crippen LogP contribution in [0.1, 0.15) is 32.1 Å². The van der Waals surface area contributed by atoms with Gasteiger partial charge < -0.3 is 15.8 Å². The Balaban J connectivity index is 2.13. The van der Waals surface area contributed by atoms with Gasteiger partial charge in [-0.1, -0.05) is 0 Å². The van der Waals surface area contributed by atoms with E-state index in [9.17, 15) is 18.0 Å². The average molecular weight is 296 g/mol. The number of carbonyl (C=O) groups is 1. The van der Waals surface area contributed by atoms with E-state index in [1.165, 1.54) is 0 Å². The topological polar surface area (TPSA) is 64.3 Å². The Kier molecular flexibility index (Phi) is 7.29. The summed E-state index contributed by atoms with van der Waals surface area (Å²) in [6.45, 7) is 1.98. The molecular weight excluding hydrogens is 273 g/mol. The summed E-state index contributed by atoms with van der Waals surface area (Å²) < 4.78 is 42.6. The van der Waals surface area contributed by atoms with E-state index in [-0.39, 0.29) is 24.7 Å². The molecule has 1 fully saturated rings. The van der Waals surface area contributed by atoms with Gasteiger partial charge in [-0.25, -0.2) is 0 Å². The molecule has 0 bridgehead atoms. The van der Waals surface area contributed by atoms with Crippen molar-refractivity contribution in [3.63, 3.8) is 0 Å². The number of hydrogen-bond donors (Lipinski definition) is 2. The van der Waals surface area contributed by atoms with E-state index in [0.29, 0.717) is 45.6 Å². The van der Waals surface area contributed by atoms with E-state index in [1.54, 1.807) is 0 Å². The number of halogens is 3. The van der Waals surface area contributed by atoms with Crippen LogP contribution >= 0.6 is 0 Å². The van der Waals surface area contributed by atoms with Gasteiger partial charge >= 0.3 is 6.18 Å². The number of amides is 1. The highest BCUT2D eigenvalue weighted by molar-refractivity contribution is 5.78. The largest absolute Gasteiger partial charge is 0.391 e. The fraction of sp³-hybridized carbons (Fsp3) is 0.923. The van der Waals surface area contributed by atoms with Crippen molar-refractivity contribution in [2.24, 2.45) is 17.6 Å². The molecule has 20 heavy (non-hydrogen) atoms. The van der Waals surface area contributed by atoms with Crippen molar-refractivity contribution in [3.8, 4) is 0 Å². The third kappa shape index (κ3) is 6.09. The highest BCUT2D eigenvalue weighted by Gasteiger charge is 2.42. The van der Waals surface area contributed by atoms with Crippen LogP contribution in [-0.4, -0.2) is 38.4 Å². The van der Waals surface area contributed by atoms with E-state index in [0.717, 1.165) is 0 Å². The van der Waals surface area contributed by atoms with Crippen LogP contribution in [0.4, 0.5) is 13.2 Å². The van der Waals surface area contributed by atoms with Crippen molar-refractivity contribution in [3.05, 3.63) is 0 Å². The molecule has 0 heterocycles. The van der Waals surface area contributed by atoms with Gasteiger partial charge in [0.15, 0.2) is 0 Å². The minimum absolute atomic E-state index is 0.0567. The minimum Gasteiger partial charge on any atom is -0.380 e. The van der Waals surface area contributed by atoms with E-state index < -0.39 is 12.1 Å². The summed E-state index contributed by atoms with van der Waals surface area (Å²) in [6.07, 6.45) is -2.69. The summed E-state index contributed by atoms with van der Waals surface area (Å²) in [6, 6.07) is 0. The minimum atomic E-state index is -4.12. The smallest absolute Gasteiger partial charge is 0.380 e. The molecule has 0 radical (unpaired) electrons. The van der Waals surface area contributed by atoms with Crippen LogP contribution in [-0.2, 0) is 9.53 Å². The standard InChI is InChI=1S/C13H23F3N2O2/c14-13(15,16)11-4-2-10(3-5-11)12(19)18-7-1-8-20-9-6-17/h10-11H,1-9,17H2,(H,18,19). The van der Waals surface area contributed by atoms with Gasteiger partial charge in [-0.15, -0.1) is 0 Å². The molecular formula is C13H23F3N2O2. The Morgan fingerprint density at radius 3 is 2.40 bits per heavy atom. The second-order valence-electron chi connectivity index (χ2n) is 5.14. The van der Waals surface area contributed by atoms with Crippen molar-refractivity contribution >= 4 is 5.91 Å². The highest BCUT2D eigenvalue weighted by atomic mass is 19.4. The summed E-state index contributed by atoms with van der Waals surface area (Å²) in [5.41, 5.74) is 5.26. The molecule has 1 amide bonds. The molecule has 0 aromatic heterocycles. The molecule has 118 valence electrons. The summed E-state index contributed by atoms with van der Waals surface area (Å²) >= 11 is 0. The number of ether oxygens (including phenoxy) is 1. The van der Waals surface area contributed by atoms with Crippen LogP contribution in [0.5, 0.6) is 0 Å². The molecule has 3 N–H and O–H groups in total. The first-order chi connectivity index (χ1) is 9.45. The number of rotatable bonds is 7. The number of carbonyl (C=O) groups excluding carboxylic acids is 1. The first kappa shape index (κ1) is 17.2. The van der Waals surface area contributed by atoms with E-state index >= 15 is 0 Å². The zero-order valence-corrected chi connectivity index (χ0v) is 11.5. The third-order valence-electron chi connectivity index (χ3n) is 3.59. The molecule has 0 aromatic carbocycles. The highest BCUT2D eigenvalue weighted by Crippen LogP contribution is 2.39. The molecule has 4 nitrogen and oxygen atoms in total. The van der Waals surface area contributed by atoms with Crippen LogP contribution in [0.15, 0.2) is 0 Å². The monoisotopic (exact) mass is 296 g/mol. The lowest BCUT2D eigenvalue weighted by molar-refractivity contribution is -0.184. The van der Waals surface area contributed by atoms with E-state index in [4.69, 9.17) is 10.5 Å². The zero-order valence-electron chi connectivity index (χ0n) is 11.5. The van der Waals surface area contributed by atoms with E-state index in [2.05, 4.69) is 5.32 Å². The molecule has 0 atom stereocenters. The summed E-state index contributed by atoms with van der Waals surface area (Å²) in [7, 11) is 0. The predicted molar refractivity (Wildman–Crippen MR) is 69.0 cm³/mol. The van der Waals surface area contributed by atoms with Gasteiger partial charge in [0.25, 0.3) is 0 Å². The van der Waals surface area contributed by atoms with Crippen LogP contribution in [0.3, 0.4) is 0 Å². The molecule has 1 aliphatic rings. The number of nitrogens with two attached hydrogens (primary N) is 1. The van der Waals surface area contributed by atoms with Crippen molar-refractivity contribution in [1.29, 1.82) is 0 Å². The lowest BCUT2D eigenvalue weighted by Crippen LogP contribution is -2.36. The molecule has 1 rings (SSSR count). The predicted octanol–water partition coefficient (Wildman–Crippen LogP) is 1.84. The van der Waals surface area contributed by atoms with Crippen LogP contribution in [0.25, 0.3) is 0 Å². The van der Waals surface area contributed by atoms with Crippen LogP contribution in [0, 0.1) is 11.8 Å². The van der Waals surface area contributed by atoms with Gasteiger partial charge in [0.2, 0.25) is 5.91 Å². The summed E-state index contributed by atoms with van der Waals surface area (Å²) in [5.74, 6) is -1.65.